The van der Waals surface area contributed by atoms with E-state index in [4.69, 9.17) is 4.74 Å². The predicted octanol–water partition coefficient (Wildman–Crippen LogP) is 4.99. The molecule has 1 atom stereocenters. The number of piperidine rings is 1. The maximum absolute atomic E-state index is 12.8. The Morgan fingerprint density at radius 2 is 1.89 bits per heavy atom. The van der Waals surface area contributed by atoms with E-state index in [2.05, 4.69) is 56.1 Å². The van der Waals surface area contributed by atoms with E-state index in [1.807, 2.05) is 19.2 Å². The highest BCUT2D eigenvalue weighted by Gasteiger charge is 2.20. The summed E-state index contributed by atoms with van der Waals surface area (Å²) in [6.45, 7) is 4.79. The van der Waals surface area contributed by atoms with Crippen LogP contribution in [0.4, 0.5) is 11.4 Å². The van der Waals surface area contributed by atoms with E-state index in [0.717, 1.165) is 65.9 Å². The smallest absolute Gasteiger partial charge is 0.337 e. The number of benzene rings is 3. The number of amides is 1. The molecule has 3 aromatic carbocycles. The molecule has 37 heavy (non-hydrogen) atoms. The Hall–Kier alpha value is -4.17. The summed E-state index contributed by atoms with van der Waals surface area (Å²) in [5.41, 5.74) is 5.99. The minimum absolute atomic E-state index is 0.214. The number of carbonyl (C=O) groups is 2. The SMILES string of the molecule is COC(=O)c1ccc(C(=O)Nc2cc(CN3CCCC(Nc4ccc5[nH]ncc5c4)C3)ccc2C)cc1. The van der Waals surface area contributed by atoms with Crippen molar-refractivity contribution >= 4 is 34.2 Å². The Bertz CT molecular complexity index is 1410. The van der Waals surface area contributed by atoms with Crippen molar-refractivity contribution in [1.82, 2.24) is 15.1 Å². The summed E-state index contributed by atoms with van der Waals surface area (Å²) in [4.78, 5) is 27.0. The molecule has 0 spiro atoms. The number of aromatic amines is 1. The zero-order valence-corrected chi connectivity index (χ0v) is 21.1. The number of anilines is 2. The fraction of sp³-hybridized carbons (Fsp3) is 0.276. The highest BCUT2D eigenvalue weighted by atomic mass is 16.5. The van der Waals surface area contributed by atoms with Gasteiger partial charge >= 0.3 is 5.97 Å². The van der Waals surface area contributed by atoms with E-state index in [1.165, 1.54) is 7.11 Å². The number of aryl methyl sites for hydroxylation is 1. The molecule has 5 rings (SSSR count). The normalized spacial score (nSPS) is 15.9. The zero-order valence-electron chi connectivity index (χ0n) is 21.1. The van der Waals surface area contributed by atoms with Gasteiger partial charge in [0.05, 0.1) is 24.4 Å². The van der Waals surface area contributed by atoms with Crippen molar-refractivity contribution in [2.45, 2.75) is 32.4 Å². The Kier molecular flexibility index (Phi) is 7.18. The van der Waals surface area contributed by atoms with Gasteiger partial charge in [-0.25, -0.2) is 4.79 Å². The topological polar surface area (TPSA) is 99.4 Å². The van der Waals surface area contributed by atoms with Gasteiger partial charge < -0.3 is 15.4 Å². The third-order valence-corrected chi connectivity index (χ3v) is 6.84. The highest BCUT2D eigenvalue weighted by molar-refractivity contribution is 6.05. The van der Waals surface area contributed by atoms with Crippen LogP contribution in [0.2, 0.25) is 0 Å². The van der Waals surface area contributed by atoms with Crippen LogP contribution in [0.1, 0.15) is 44.7 Å². The molecule has 8 nitrogen and oxygen atoms in total. The number of methoxy groups -OCH3 is 1. The number of hydrogen-bond donors (Lipinski definition) is 3. The molecule has 1 fully saturated rings. The van der Waals surface area contributed by atoms with Gasteiger partial charge in [0.2, 0.25) is 0 Å². The Morgan fingerprint density at radius 3 is 2.70 bits per heavy atom. The monoisotopic (exact) mass is 497 g/mol. The number of hydrogen-bond acceptors (Lipinski definition) is 6. The number of nitrogens with one attached hydrogen (secondary N) is 3. The fourth-order valence-corrected chi connectivity index (χ4v) is 4.82. The summed E-state index contributed by atoms with van der Waals surface area (Å²) in [7, 11) is 1.33. The first-order valence-corrected chi connectivity index (χ1v) is 12.5. The predicted molar refractivity (Wildman–Crippen MR) is 145 cm³/mol. The number of esters is 1. The molecule has 8 heteroatoms. The summed E-state index contributed by atoms with van der Waals surface area (Å²) in [5.74, 6) is -0.641. The number of ether oxygens (including phenoxy) is 1. The summed E-state index contributed by atoms with van der Waals surface area (Å²) in [5, 5.41) is 14.9. The van der Waals surface area contributed by atoms with Crippen LogP contribution in [0.3, 0.4) is 0 Å². The zero-order chi connectivity index (χ0) is 25.8. The summed E-state index contributed by atoms with van der Waals surface area (Å²) < 4.78 is 4.72. The van der Waals surface area contributed by atoms with Gasteiger partial charge in [0.15, 0.2) is 0 Å². The molecule has 0 bridgehead atoms. The van der Waals surface area contributed by atoms with Crippen LogP contribution >= 0.6 is 0 Å². The van der Waals surface area contributed by atoms with Crippen LogP contribution in [-0.4, -0.2) is 53.2 Å². The Morgan fingerprint density at radius 1 is 1.08 bits per heavy atom. The van der Waals surface area contributed by atoms with Crippen molar-refractivity contribution in [3.8, 4) is 0 Å². The van der Waals surface area contributed by atoms with Gasteiger partial charge in [-0.05, 0) is 86.0 Å². The summed E-state index contributed by atoms with van der Waals surface area (Å²) in [6.07, 6.45) is 4.10. The summed E-state index contributed by atoms with van der Waals surface area (Å²) in [6, 6.07) is 19.3. The molecule has 0 aliphatic carbocycles. The standard InChI is InChI=1S/C29H31N5O3/c1-19-5-6-20(14-27(19)32-28(35)21-7-9-22(10-8-21)29(36)37-2)17-34-13-3-4-25(18-34)31-24-11-12-26-23(15-24)16-30-33-26/h5-12,14-16,25,31H,3-4,13,17-18H2,1-2H3,(H,30,33)(H,32,35). The fourth-order valence-electron chi connectivity index (χ4n) is 4.82. The van der Waals surface area contributed by atoms with Crippen LogP contribution < -0.4 is 10.6 Å². The van der Waals surface area contributed by atoms with Gasteiger partial charge in [-0.3, -0.25) is 14.8 Å². The third-order valence-electron chi connectivity index (χ3n) is 6.84. The molecule has 1 saturated heterocycles. The first kappa shape index (κ1) is 24.5. The molecule has 4 aromatic rings. The summed E-state index contributed by atoms with van der Waals surface area (Å²) >= 11 is 0. The van der Waals surface area contributed by atoms with E-state index in [0.29, 0.717) is 17.2 Å². The van der Waals surface area contributed by atoms with Crippen molar-refractivity contribution in [3.05, 3.63) is 89.1 Å². The van der Waals surface area contributed by atoms with E-state index in [9.17, 15) is 9.59 Å². The second-order valence-electron chi connectivity index (χ2n) is 9.56. The lowest BCUT2D eigenvalue weighted by atomic mass is 10.0. The first-order valence-electron chi connectivity index (χ1n) is 12.5. The molecule has 190 valence electrons. The molecule has 1 aliphatic heterocycles. The molecule has 1 unspecified atom stereocenters. The third kappa shape index (κ3) is 5.81. The largest absolute Gasteiger partial charge is 0.465 e. The van der Waals surface area contributed by atoms with Crippen molar-refractivity contribution < 1.29 is 14.3 Å². The highest BCUT2D eigenvalue weighted by Crippen LogP contribution is 2.23. The Labute approximate surface area is 216 Å². The molecular formula is C29H31N5O3. The molecule has 0 saturated carbocycles. The van der Waals surface area contributed by atoms with Gasteiger partial charge in [0.25, 0.3) is 5.91 Å². The van der Waals surface area contributed by atoms with E-state index in [-0.39, 0.29) is 5.91 Å². The molecule has 1 aliphatic rings. The first-order chi connectivity index (χ1) is 18.0. The molecule has 2 heterocycles. The number of aromatic nitrogens is 2. The van der Waals surface area contributed by atoms with Crippen LogP contribution in [0.5, 0.6) is 0 Å². The van der Waals surface area contributed by atoms with E-state index < -0.39 is 5.97 Å². The van der Waals surface area contributed by atoms with Gasteiger partial charge in [-0.2, -0.15) is 5.10 Å². The van der Waals surface area contributed by atoms with E-state index in [1.54, 1.807) is 24.3 Å². The quantitative estimate of drug-likeness (QED) is 0.311. The number of nitrogens with zero attached hydrogens (tertiary/aromatic N) is 2. The van der Waals surface area contributed by atoms with Gasteiger partial charge in [-0.15, -0.1) is 0 Å². The van der Waals surface area contributed by atoms with Crippen molar-refractivity contribution in [2.75, 3.05) is 30.8 Å². The van der Waals surface area contributed by atoms with Gasteiger partial charge in [-0.1, -0.05) is 12.1 Å². The second-order valence-corrected chi connectivity index (χ2v) is 9.56. The van der Waals surface area contributed by atoms with Crippen LogP contribution in [0, 0.1) is 6.92 Å². The maximum atomic E-state index is 12.8. The van der Waals surface area contributed by atoms with Crippen molar-refractivity contribution in [3.63, 3.8) is 0 Å². The molecule has 3 N–H and O–H groups in total. The molecule has 0 radical (unpaired) electrons. The van der Waals surface area contributed by atoms with Gasteiger partial charge in [0.1, 0.15) is 0 Å². The van der Waals surface area contributed by atoms with Crippen LogP contribution in [0.25, 0.3) is 10.9 Å². The average molecular weight is 498 g/mol. The number of H-pyrrole nitrogens is 1. The minimum Gasteiger partial charge on any atom is -0.465 e. The minimum atomic E-state index is -0.426. The van der Waals surface area contributed by atoms with Crippen LogP contribution in [-0.2, 0) is 11.3 Å². The van der Waals surface area contributed by atoms with E-state index >= 15 is 0 Å². The lowest BCUT2D eigenvalue weighted by Gasteiger charge is -2.34. The molecule has 1 amide bonds. The van der Waals surface area contributed by atoms with Gasteiger partial charge in [0, 0.05) is 41.5 Å². The number of carbonyl (C=O) groups excluding carboxylic acids is 2. The van der Waals surface area contributed by atoms with Crippen molar-refractivity contribution in [1.29, 1.82) is 0 Å². The lowest BCUT2D eigenvalue weighted by Crippen LogP contribution is -2.41. The molecular weight excluding hydrogens is 466 g/mol. The second kappa shape index (κ2) is 10.8. The number of fused-ring (bicyclic) bond motifs is 1. The number of rotatable bonds is 7. The van der Waals surface area contributed by atoms with Crippen molar-refractivity contribution in [2.24, 2.45) is 0 Å². The van der Waals surface area contributed by atoms with Crippen LogP contribution in [0.15, 0.2) is 66.9 Å². The maximum Gasteiger partial charge on any atom is 0.337 e. The molecule has 1 aromatic heterocycles. The lowest BCUT2D eigenvalue weighted by molar-refractivity contribution is 0.0600. The Balaban J connectivity index is 1.21. The average Bonchev–Trinajstić information content (AvgIpc) is 3.38. The number of likely N-dealkylation sites (tertiary alicyclic amines) is 1.